The molecule has 0 aliphatic rings. The molecule has 0 atom stereocenters. The molecule has 22 heavy (non-hydrogen) atoms. The molecule has 7 nitrogen and oxygen atoms in total. The van der Waals surface area contributed by atoms with Crippen LogP contribution in [0.15, 0.2) is 35.1 Å². The molecule has 2 aromatic heterocycles. The molecule has 3 aromatic rings. The molecule has 0 saturated heterocycles. The van der Waals surface area contributed by atoms with Crippen LogP contribution in [0.5, 0.6) is 0 Å². The van der Waals surface area contributed by atoms with Gasteiger partial charge in [0.1, 0.15) is 11.6 Å². The van der Waals surface area contributed by atoms with Gasteiger partial charge >= 0.3 is 0 Å². The number of carbonyl (C=O) groups is 1. The van der Waals surface area contributed by atoms with Gasteiger partial charge in [0.2, 0.25) is 0 Å². The Kier molecular flexibility index (Phi) is 3.69. The summed E-state index contributed by atoms with van der Waals surface area (Å²) >= 11 is 0. The molecule has 112 valence electrons. The van der Waals surface area contributed by atoms with E-state index in [9.17, 15) is 4.79 Å². The number of benzene rings is 1. The maximum absolute atomic E-state index is 12.1. The normalized spacial score (nSPS) is 10.6. The number of aromatic nitrogens is 4. The predicted octanol–water partition coefficient (Wildman–Crippen LogP) is 2.58. The van der Waals surface area contributed by atoms with Crippen LogP contribution >= 0.6 is 0 Å². The first-order chi connectivity index (χ1) is 10.7. The number of nitrogens with one attached hydrogen (secondary N) is 2. The first-order valence-electron chi connectivity index (χ1n) is 6.90. The van der Waals surface area contributed by atoms with Gasteiger partial charge in [0.05, 0.1) is 0 Å². The van der Waals surface area contributed by atoms with Crippen molar-refractivity contribution in [2.24, 2.45) is 0 Å². The van der Waals surface area contributed by atoms with Crippen LogP contribution in [-0.4, -0.2) is 26.1 Å². The minimum Gasteiger partial charge on any atom is -0.448 e. The molecule has 3 rings (SSSR count). The monoisotopic (exact) mass is 297 g/mol. The van der Waals surface area contributed by atoms with Gasteiger partial charge in [0.25, 0.3) is 5.91 Å². The highest BCUT2D eigenvalue weighted by molar-refractivity contribution is 6.03. The van der Waals surface area contributed by atoms with Crippen LogP contribution in [0.4, 0.5) is 5.69 Å². The summed E-state index contributed by atoms with van der Waals surface area (Å²) in [7, 11) is 0. The van der Waals surface area contributed by atoms with E-state index in [0.717, 1.165) is 11.4 Å². The summed E-state index contributed by atoms with van der Waals surface area (Å²) in [5, 5.41) is 9.68. The Morgan fingerprint density at radius 1 is 1.32 bits per heavy atom. The summed E-state index contributed by atoms with van der Waals surface area (Å²) in [5.41, 5.74) is 1.86. The zero-order valence-corrected chi connectivity index (χ0v) is 12.3. The number of anilines is 1. The lowest BCUT2D eigenvalue weighted by Gasteiger charge is -2.04. The molecular weight excluding hydrogens is 282 g/mol. The SMILES string of the molecule is CCc1ocnc1C(=O)Nc1ccc(-c2n[nH]c(C)n2)cc1. The quantitative estimate of drug-likeness (QED) is 0.771. The van der Waals surface area contributed by atoms with E-state index in [2.05, 4.69) is 25.5 Å². The number of oxazole rings is 1. The fraction of sp³-hybridized carbons (Fsp3) is 0.200. The highest BCUT2D eigenvalue weighted by atomic mass is 16.3. The fourth-order valence-corrected chi connectivity index (χ4v) is 2.07. The molecule has 0 fully saturated rings. The molecule has 0 aliphatic carbocycles. The second-order valence-corrected chi connectivity index (χ2v) is 4.75. The number of hydrogen-bond donors (Lipinski definition) is 2. The third kappa shape index (κ3) is 2.73. The zero-order valence-electron chi connectivity index (χ0n) is 12.3. The molecule has 0 bridgehead atoms. The van der Waals surface area contributed by atoms with Crippen molar-refractivity contribution in [1.82, 2.24) is 20.2 Å². The van der Waals surface area contributed by atoms with E-state index in [1.54, 1.807) is 12.1 Å². The van der Waals surface area contributed by atoms with Crippen molar-refractivity contribution in [1.29, 1.82) is 0 Å². The highest BCUT2D eigenvalue weighted by Gasteiger charge is 2.15. The van der Waals surface area contributed by atoms with Gasteiger partial charge in [-0.25, -0.2) is 9.97 Å². The summed E-state index contributed by atoms with van der Waals surface area (Å²) < 4.78 is 5.16. The Morgan fingerprint density at radius 3 is 2.73 bits per heavy atom. The van der Waals surface area contributed by atoms with Gasteiger partial charge in [-0.15, -0.1) is 0 Å². The number of aromatic amines is 1. The summed E-state index contributed by atoms with van der Waals surface area (Å²) in [5.74, 6) is 1.67. The molecule has 2 heterocycles. The number of nitrogens with zero attached hydrogens (tertiary/aromatic N) is 3. The van der Waals surface area contributed by atoms with Crippen LogP contribution in [0, 0.1) is 6.92 Å². The lowest BCUT2D eigenvalue weighted by Crippen LogP contribution is -2.14. The number of H-pyrrole nitrogens is 1. The molecule has 2 N–H and O–H groups in total. The van der Waals surface area contributed by atoms with Gasteiger partial charge in [-0.1, -0.05) is 6.92 Å². The smallest absolute Gasteiger partial charge is 0.277 e. The molecule has 7 heteroatoms. The Morgan fingerprint density at radius 2 is 2.09 bits per heavy atom. The average Bonchev–Trinajstić information content (AvgIpc) is 3.16. The number of amides is 1. The van der Waals surface area contributed by atoms with E-state index in [4.69, 9.17) is 4.42 Å². The third-order valence-electron chi connectivity index (χ3n) is 3.18. The third-order valence-corrected chi connectivity index (χ3v) is 3.18. The van der Waals surface area contributed by atoms with Crippen LogP contribution in [0.1, 0.15) is 29.0 Å². The van der Waals surface area contributed by atoms with E-state index in [0.29, 0.717) is 29.4 Å². The van der Waals surface area contributed by atoms with E-state index >= 15 is 0 Å². The number of carbonyl (C=O) groups excluding carboxylic acids is 1. The standard InChI is InChI=1S/C15H15N5O2/c1-3-12-13(16-8-22-12)15(21)18-11-6-4-10(5-7-11)14-17-9(2)19-20-14/h4-8H,3H2,1-2H3,(H,18,21)(H,17,19,20). The highest BCUT2D eigenvalue weighted by Crippen LogP contribution is 2.18. The topological polar surface area (TPSA) is 96.7 Å². The van der Waals surface area contributed by atoms with Gasteiger partial charge in [0.15, 0.2) is 17.9 Å². The molecule has 0 spiro atoms. The molecule has 0 unspecified atom stereocenters. The molecule has 0 aliphatic heterocycles. The zero-order chi connectivity index (χ0) is 15.5. The van der Waals surface area contributed by atoms with Crippen molar-refractivity contribution in [2.45, 2.75) is 20.3 Å². The summed E-state index contributed by atoms with van der Waals surface area (Å²) in [6.07, 6.45) is 1.90. The van der Waals surface area contributed by atoms with Gasteiger partial charge < -0.3 is 9.73 Å². The first-order valence-corrected chi connectivity index (χ1v) is 6.90. The van der Waals surface area contributed by atoms with Crippen LogP contribution in [0.25, 0.3) is 11.4 Å². The largest absolute Gasteiger partial charge is 0.448 e. The molecule has 0 saturated carbocycles. The van der Waals surface area contributed by atoms with Crippen molar-refractivity contribution in [3.8, 4) is 11.4 Å². The van der Waals surface area contributed by atoms with E-state index in [1.165, 1.54) is 6.39 Å². The van der Waals surface area contributed by atoms with E-state index in [1.807, 2.05) is 26.0 Å². The number of rotatable bonds is 4. The second kappa shape index (κ2) is 5.80. The number of aryl methyl sites for hydroxylation is 2. The van der Waals surface area contributed by atoms with Crippen molar-refractivity contribution in [2.75, 3.05) is 5.32 Å². The van der Waals surface area contributed by atoms with Crippen molar-refractivity contribution >= 4 is 11.6 Å². The van der Waals surface area contributed by atoms with Crippen LogP contribution in [0.2, 0.25) is 0 Å². The predicted molar refractivity (Wildman–Crippen MR) is 80.4 cm³/mol. The first kappa shape index (κ1) is 14.0. The van der Waals surface area contributed by atoms with E-state index < -0.39 is 0 Å². The van der Waals surface area contributed by atoms with Crippen molar-refractivity contribution < 1.29 is 9.21 Å². The summed E-state index contributed by atoms with van der Waals surface area (Å²) in [6.45, 7) is 3.75. The number of hydrogen-bond acceptors (Lipinski definition) is 5. The van der Waals surface area contributed by atoms with Gasteiger partial charge in [-0.2, -0.15) is 5.10 Å². The van der Waals surface area contributed by atoms with Gasteiger partial charge in [-0.3, -0.25) is 9.89 Å². The molecule has 1 aromatic carbocycles. The Bertz CT molecular complexity index is 788. The Balaban J connectivity index is 1.75. The minimum atomic E-state index is -0.285. The second-order valence-electron chi connectivity index (χ2n) is 4.75. The maximum atomic E-state index is 12.1. The van der Waals surface area contributed by atoms with Gasteiger partial charge in [-0.05, 0) is 31.2 Å². The Labute approximate surface area is 126 Å². The minimum absolute atomic E-state index is 0.285. The summed E-state index contributed by atoms with van der Waals surface area (Å²) in [4.78, 5) is 20.4. The van der Waals surface area contributed by atoms with Crippen LogP contribution in [0.3, 0.4) is 0 Å². The van der Waals surface area contributed by atoms with Crippen LogP contribution < -0.4 is 5.32 Å². The average molecular weight is 297 g/mol. The Hall–Kier alpha value is -2.96. The molecule has 1 amide bonds. The lowest BCUT2D eigenvalue weighted by atomic mass is 10.2. The van der Waals surface area contributed by atoms with Gasteiger partial charge in [0, 0.05) is 17.7 Å². The molecule has 0 radical (unpaired) electrons. The maximum Gasteiger partial charge on any atom is 0.277 e. The fourth-order valence-electron chi connectivity index (χ4n) is 2.07. The van der Waals surface area contributed by atoms with Crippen molar-refractivity contribution in [3.05, 3.63) is 47.9 Å². The van der Waals surface area contributed by atoms with E-state index in [-0.39, 0.29) is 5.91 Å². The molecular formula is C15H15N5O2. The van der Waals surface area contributed by atoms with Crippen LogP contribution in [-0.2, 0) is 6.42 Å². The van der Waals surface area contributed by atoms with Crippen molar-refractivity contribution in [3.63, 3.8) is 0 Å². The lowest BCUT2D eigenvalue weighted by molar-refractivity contribution is 0.102. The summed E-state index contributed by atoms with van der Waals surface area (Å²) in [6, 6.07) is 7.29.